The van der Waals surface area contributed by atoms with Gasteiger partial charge in [0, 0.05) is 13.5 Å². The summed E-state index contributed by atoms with van der Waals surface area (Å²) in [5.74, 6) is 2.17. The molecule has 2 rings (SSSR count). The zero-order valence-electron chi connectivity index (χ0n) is 10.3. The summed E-state index contributed by atoms with van der Waals surface area (Å²) in [5, 5.41) is 0. The second-order valence-corrected chi connectivity index (χ2v) is 7.05. The molecule has 2 heterocycles. The first-order valence-corrected chi connectivity index (χ1v) is 7.98. The summed E-state index contributed by atoms with van der Waals surface area (Å²) >= 11 is 3.29. The van der Waals surface area contributed by atoms with Crippen LogP contribution in [0.3, 0.4) is 0 Å². The van der Waals surface area contributed by atoms with Crippen LogP contribution in [0.5, 0.6) is 0 Å². The van der Waals surface area contributed by atoms with E-state index in [2.05, 4.69) is 26.8 Å². The van der Waals surface area contributed by atoms with Crippen molar-refractivity contribution >= 4 is 25.8 Å². The normalized spacial score (nSPS) is 25.4. The number of ether oxygens (including phenoxy) is 1. The van der Waals surface area contributed by atoms with Crippen LogP contribution in [0.25, 0.3) is 0 Å². The van der Waals surface area contributed by atoms with Crippen molar-refractivity contribution < 1.29 is 13.2 Å². The third kappa shape index (κ3) is 2.59. The Kier molecular flexibility index (Phi) is 3.81. The van der Waals surface area contributed by atoms with E-state index in [1.165, 1.54) is 13.2 Å². The number of halogens is 1. The highest BCUT2D eigenvalue weighted by Crippen LogP contribution is 2.36. The van der Waals surface area contributed by atoms with Crippen molar-refractivity contribution in [2.75, 3.05) is 12.9 Å². The van der Waals surface area contributed by atoms with Crippen molar-refractivity contribution in [3.05, 3.63) is 39.5 Å². The van der Waals surface area contributed by atoms with E-state index in [0.717, 1.165) is 0 Å². The molecule has 0 aromatic carbocycles. The second-order valence-electron chi connectivity index (χ2n) is 4.16. The summed E-state index contributed by atoms with van der Waals surface area (Å²) in [6.45, 7) is 0. The van der Waals surface area contributed by atoms with Gasteiger partial charge < -0.3 is 4.74 Å². The SMILES string of the molecule is C#CC1=CC(OC)(c2cccc(Br)n2)CCS1(=O)=O. The molecule has 19 heavy (non-hydrogen) atoms. The second kappa shape index (κ2) is 5.08. The lowest BCUT2D eigenvalue weighted by atomic mass is 9.94. The maximum Gasteiger partial charge on any atom is 0.186 e. The number of methoxy groups -OCH3 is 1. The molecule has 6 heteroatoms. The smallest absolute Gasteiger partial charge is 0.186 e. The number of hydrogen-bond donors (Lipinski definition) is 0. The summed E-state index contributed by atoms with van der Waals surface area (Å²) in [6.07, 6.45) is 7.04. The predicted molar refractivity (Wildman–Crippen MR) is 75.9 cm³/mol. The average molecular weight is 342 g/mol. The fraction of sp³-hybridized carbons (Fsp3) is 0.308. The van der Waals surface area contributed by atoms with Crippen LogP contribution in [-0.2, 0) is 20.2 Å². The van der Waals surface area contributed by atoms with Crippen LogP contribution in [0.4, 0.5) is 0 Å². The predicted octanol–water partition coefficient (Wildman–Crippen LogP) is 2.02. The molecule has 0 radical (unpaired) electrons. The first-order valence-electron chi connectivity index (χ1n) is 5.54. The van der Waals surface area contributed by atoms with E-state index >= 15 is 0 Å². The summed E-state index contributed by atoms with van der Waals surface area (Å²) < 4.78 is 29.8. The molecule has 0 aliphatic carbocycles. The van der Waals surface area contributed by atoms with Crippen LogP contribution in [0.2, 0.25) is 0 Å². The fourth-order valence-electron chi connectivity index (χ4n) is 2.01. The maximum atomic E-state index is 11.8. The Morgan fingerprint density at radius 1 is 1.53 bits per heavy atom. The van der Waals surface area contributed by atoms with E-state index in [1.54, 1.807) is 12.1 Å². The van der Waals surface area contributed by atoms with Gasteiger partial charge in [0.05, 0.1) is 11.4 Å². The monoisotopic (exact) mass is 341 g/mol. The Morgan fingerprint density at radius 3 is 2.84 bits per heavy atom. The largest absolute Gasteiger partial charge is 0.368 e. The van der Waals surface area contributed by atoms with Gasteiger partial charge in [0.25, 0.3) is 0 Å². The lowest BCUT2D eigenvalue weighted by Gasteiger charge is -2.32. The van der Waals surface area contributed by atoms with E-state index in [-0.39, 0.29) is 10.7 Å². The van der Waals surface area contributed by atoms with Gasteiger partial charge in [0.15, 0.2) is 9.84 Å². The van der Waals surface area contributed by atoms with Crippen LogP contribution >= 0.6 is 15.9 Å². The van der Waals surface area contributed by atoms with Crippen molar-refractivity contribution in [1.29, 1.82) is 0 Å². The summed E-state index contributed by atoms with van der Waals surface area (Å²) in [7, 11) is -1.85. The van der Waals surface area contributed by atoms with Gasteiger partial charge in [-0.1, -0.05) is 12.0 Å². The lowest BCUT2D eigenvalue weighted by Crippen LogP contribution is -2.35. The minimum atomic E-state index is -3.37. The molecule has 1 aromatic rings. The summed E-state index contributed by atoms with van der Waals surface area (Å²) in [5.41, 5.74) is -0.261. The molecule has 100 valence electrons. The Bertz CT molecular complexity index is 675. The highest BCUT2D eigenvalue weighted by atomic mass is 79.9. The van der Waals surface area contributed by atoms with E-state index in [1.807, 2.05) is 6.07 Å². The topological polar surface area (TPSA) is 56.3 Å². The van der Waals surface area contributed by atoms with Crippen LogP contribution < -0.4 is 0 Å². The first-order chi connectivity index (χ1) is 8.93. The molecule has 0 spiro atoms. The molecule has 0 N–H and O–H groups in total. The van der Waals surface area contributed by atoms with Gasteiger partial charge in [-0.3, -0.25) is 0 Å². The van der Waals surface area contributed by atoms with Crippen molar-refractivity contribution in [3.63, 3.8) is 0 Å². The van der Waals surface area contributed by atoms with Crippen molar-refractivity contribution in [1.82, 2.24) is 4.98 Å². The van der Waals surface area contributed by atoms with Crippen molar-refractivity contribution in [3.8, 4) is 12.3 Å². The van der Waals surface area contributed by atoms with Crippen LogP contribution in [-0.4, -0.2) is 26.3 Å². The third-order valence-electron chi connectivity index (χ3n) is 3.10. The highest BCUT2D eigenvalue weighted by molar-refractivity contribution is 9.10. The fourth-order valence-corrected chi connectivity index (χ4v) is 3.70. The quantitative estimate of drug-likeness (QED) is 0.610. The number of nitrogens with zero attached hydrogens (tertiary/aromatic N) is 1. The Morgan fingerprint density at radius 2 is 2.26 bits per heavy atom. The average Bonchev–Trinajstić information content (AvgIpc) is 2.39. The number of hydrogen-bond acceptors (Lipinski definition) is 4. The Hall–Kier alpha value is -1.16. The molecule has 1 aromatic heterocycles. The van der Waals surface area contributed by atoms with Gasteiger partial charge in [-0.05, 0) is 34.1 Å². The van der Waals surface area contributed by atoms with Gasteiger partial charge in [-0.25, -0.2) is 13.4 Å². The number of sulfone groups is 1. The molecule has 0 saturated heterocycles. The molecule has 0 fully saturated rings. The molecule has 1 aliphatic heterocycles. The number of pyridine rings is 1. The number of terminal acetylenes is 1. The zero-order chi connectivity index (χ0) is 14.1. The van der Waals surface area contributed by atoms with Crippen molar-refractivity contribution in [2.24, 2.45) is 0 Å². The Labute approximate surface area is 120 Å². The van der Waals surface area contributed by atoms with E-state index in [0.29, 0.717) is 16.7 Å². The molecule has 0 saturated carbocycles. The lowest BCUT2D eigenvalue weighted by molar-refractivity contribution is 0.0213. The summed E-state index contributed by atoms with van der Waals surface area (Å²) in [6, 6.07) is 5.40. The zero-order valence-corrected chi connectivity index (χ0v) is 12.7. The molecule has 1 atom stereocenters. The maximum absolute atomic E-state index is 11.8. The van der Waals surface area contributed by atoms with Gasteiger partial charge in [-0.2, -0.15) is 0 Å². The van der Waals surface area contributed by atoms with Crippen LogP contribution in [0.15, 0.2) is 33.8 Å². The van der Waals surface area contributed by atoms with E-state index in [4.69, 9.17) is 11.2 Å². The molecule has 1 unspecified atom stereocenters. The third-order valence-corrected chi connectivity index (χ3v) is 5.19. The van der Waals surface area contributed by atoms with Gasteiger partial charge in [0.1, 0.15) is 15.1 Å². The standard InChI is InChI=1S/C13H12BrNO3S/c1-3-10-9-13(18-2,7-8-19(10,16)17)11-5-4-6-12(14)15-11/h1,4-6,9H,7-8H2,2H3. The van der Waals surface area contributed by atoms with E-state index < -0.39 is 15.4 Å². The molecule has 1 aliphatic rings. The number of rotatable bonds is 2. The van der Waals surface area contributed by atoms with Crippen LogP contribution in [0.1, 0.15) is 12.1 Å². The van der Waals surface area contributed by atoms with Crippen LogP contribution in [0, 0.1) is 12.3 Å². The Balaban J connectivity index is 2.61. The van der Waals surface area contributed by atoms with Gasteiger partial charge >= 0.3 is 0 Å². The molecule has 0 bridgehead atoms. The minimum Gasteiger partial charge on any atom is -0.368 e. The molecule has 0 amide bonds. The molecular formula is C13H12BrNO3S. The minimum absolute atomic E-state index is 0.0395. The number of aromatic nitrogens is 1. The van der Waals surface area contributed by atoms with E-state index in [9.17, 15) is 8.42 Å². The summed E-state index contributed by atoms with van der Waals surface area (Å²) in [4.78, 5) is 4.30. The number of allylic oxidation sites excluding steroid dienone is 1. The molecule has 4 nitrogen and oxygen atoms in total. The molecular weight excluding hydrogens is 330 g/mol. The van der Waals surface area contributed by atoms with Gasteiger partial charge in [0.2, 0.25) is 0 Å². The van der Waals surface area contributed by atoms with Crippen molar-refractivity contribution in [2.45, 2.75) is 12.0 Å². The first kappa shape index (κ1) is 14.3. The van der Waals surface area contributed by atoms with Gasteiger partial charge in [-0.15, -0.1) is 6.42 Å². The highest BCUT2D eigenvalue weighted by Gasteiger charge is 2.39.